The van der Waals surface area contributed by atoms with Gasteiger partial charge in [-0.3, -0.25) is 9.55 Å². The molecule has 0 bridgehead atoms. The first-order valence-electron chi connectivity index (χ1n) is 7.34. The molecule has 0 aliphatic heterocycles. The van der Waals surface area contributed by atoms with Crippen LogP contribution in [0.25, 0.3) is 0 Å². The first-order valence-corrected chi connectivity index (χ1v) is 9.15. The summed E-state index contributed by atoms with van der Waals surface area (Å²) in [5.74, 6) is 0. The molecule has 2 rings (SSSR count). The highest BCUT2D eigenvalue weighted by Gasteiger charge is 2.22. The summed E-state index contributed by atoms with van der Waals surface area (Å²) in [7, 11) is -2.91. The van der Waals surface area contributed by atoms with Crippen molar-refractivity contribution in [3.05, 3.63) is 59.9 Å². The van der Waals surface area contributed by atoms with Gasteiger partial charge in [-0.2, -0.15) is 0 Å². The molecule has 1 aromatic carbocycles. The van der Waals surface area contributed by atoms with Crippen molar-refractivity contribution in [3.63, 3.8) is 0 Å². The van der Waals surface area contributed by atoms with Crippen molar-refractivity contribution in [2.45, 2.75) is 19.5 Å². The summed E-state index contributed by atoms with van der Waals surface area (Å²) in [5.41, 5.74) is 8.27. The predicted molar refractivity (Wildman–Crippen MR) is 89.7 cm³/mol. The average molecular weight is 319 g/mol. The summed E-state index contributed by atoms with van der Waals surface area (Å²) in [6.07, 6.45) is 2.81. The molecule has 2 aromatic rings. The fourth-order valence-corrected chi connectivity index (χ4v) is 3.97. The average Bonchev–Trinajstić information content (AvgIpc) is 2.51. The Morgan fingerprint density at radius 2 is 2.00 bits per heavy atom. The van der Waals surface area contributed by atoms with Gasteiger partial charge in [0.1, 0.15) is 0 Å². The van der Waals surface area contributed by atoms with Gasteiger partial charge in [0.15, 0.2) is 0 Å². The molecule has 0 spiro atoms. The number of anilines is 1. The second-order valence-electron chi connectivity index (χ2n) is 4.97. The van der Waals surface area contributed by atoms with E-state index in [1.54, 1.807) is 18.3 Å². The minimum absolute atomic E-state index is 0.351. The van der Waals surface area contributed by atoms with Crippen LogP contribution in [-0.2, 0) is 21.7 Å². The van der Waals surface area contributed by atoms with Crippen LogP contribution >= 0.6 is 7.52 Å². The highest BCUT2D eigenvalue weighted by atomic mass is 31.2. The number of benzene rings is 1. The third kappa shape index (κ3) is 5.26. The van der Waals surface area contributed by atoms with Crippen LogP contribution in [0.2, 0.25) is 0 Å². The van der Waals surface area contributed by atoms with Crippen molar-refractivity contribution in [1.82, 2.24) is 10.1 Å². The maximum absolute atomic E-state index is 12.9. The largest absolute Gasteiger partial charge is 0.399 e. The minimum Gasteiger partial charge on any atom is -0.399 e. The van der Waals surface area contributed by atoms with Gasteiger partial charge in [-0.1, -0.05) is 18.2 Å². The molecule has 1 unspecified atom stereocenters. The zero-order chi connectivity index (χ0) is 15.8. The molecule has 0 saturated carbocycles. The summed E-state index contributed by atoms with van der Waals surface area (Å²) in [6, 6.07) is 13.1. The van der Waals surface area contributed by atoms with Crippen LogP contribution in [-0.4, -0.2) is 18.1 Å². The van der Waals surface area contributed by atoms with E-state index < -0.39 is 7.52 Å². The first-order chi connectivity index (χ1) is 10.6. The molecule has 6 heteroatoms. The number of nitrogen functional groups attached to an aromatic ring is 1. The van der Waals surface area contributed by atoms with Crippen molar-refractivity contribution in [3.8, 4) is 0 Å². The third-order valence-electron chi connectivity index (χ3n) is 3.17. The fraction of sp³-hybridized carbons (Fsp3) is 0.312. The highest BCUT2D eigenvalue weighted by molar-refractivity contribution is 7.56. The second-order valence-corrected chi connectivity index (χ2v) is 7.21. The van der Waals surface area contributed by atoms with Gasteiger partial charge in [0.25, 0.3) is 7.52 Å². The second kappa shape index (κ2) is 8.08. The van der Waals surface area contributed by atoms with Crippen LogP contribution < -0.4 is 10.8 Å². The number of hydrogen-bond donors (Lipinski definition) is 2. The van der Waals surface area contributed by atoms with Crippen LogP contribution in [0.1, 0.15) is 18.2 Å². The Labute approximate surface area is 131 Å². The van der Waals surface area contributed by atoms with Gasteiger partial charge >= 0.3 is 0 Å². The van der Waals surface area contributed by atoms with Gasteiger partial charge in [-0.05, 0) is 36.8 Å². The van der Waals surface area contributed by atoms with Crippen molar-refractivity contribution < 1.29 is 9.09 Å². The molecule has 0 aliphatic rings. The number of aromatic nitrogens is 1. The van der Waals surface area contributed by atoms with Gasteiger partial charge in [0.2, 0.25) is 0 Å². The number of rotatable bonds is 8. The molecule has 3 N–H and O–H groups in total. The SMILES string of the molecule is CCOP(=O)(Cc1ccc(N)cc1)NCCc1ccccn1. The molecule has 118 valence electrons. The van der Waals surface area contributed by atoms with Crippen molar-refractivity contribution in [2.75, 3.05) is 18.9 Å². The van der Waals surface area contributed by atoms with E-state index >= 15 is 0 Å². The van der Waals surface area contributed by atoms with Crippen LogP contribution in [0.4, 0.5) is 5.69 Å². The lowest BCUT2D eigenvalue weighted by Crippen LogP contribution is -2.17. The summed E-state index contributed by atoms with van der Waals surface area (Å²) < 4.78 is 18.4. The lowest BCUT2D eigenvalue weighted by Gasteiger charge is -2.19. The molecule has 22 heavy (non-hydrogen) atoms. The smallest absolute Gasteiger partial charge is 0.274 e. The Balaban J connectivity index is 1.95. The molecule has 0 aliphatic carbocycles. The van der Waals surface area contributed by atoms with Crippen molar-refractivity contribution >= 4 is 13.2 Å². The number of hydrogen-bond acceptors (Lipinski definition) is 4. The fourth-order valence-electron chi connectivity index (χ4n) is 2.12. The zero-order valence-corrected chi connectivity index (χ0v) is 13.6. The van der Waals surface area contributed by atoms with E-state index in [2.05, 4.69) is 10.1 Å². The monoisotopic (exact) mass is 319 g/mol. The maximum Gasteiger partial charge on any atom is 0.274 e. The molecular weight excluding hydrogens is 297 g/mol. The van der Waals surface area contributed by atoms with E-state index in [1.807, 2.05) is 37.3 Å². The van der Waals surface area contributed by atoms with E-state index in [4.69, 9.17) is 10.3 Å². The van der Waals surface area contributed by atoms with E-state index in [9.17, 15) is 4.57 Å². The number of pyridine rings is 1. The molecule has 0 fully saturated rings. The van der Waals surface area contributed by atoms with Gasteiger partial charge in [-0.15, -0.1) is 0 Å². The Morgan fingerprint density at radius 3 is 2.64 bits per heavy atom. The first kappa shape index (κ1) is 16.7. The lowest BCUT2D eigenvalue weighted by atomic mass is 10.2. The maximum atomic E-state index is 12.9. The summed E-state index contributed by atoms with van der Waals surface area (Å²) in [6.45, 7) is 2.81. The summed E-state index contributed by atoms with van der Waals surface area (Å²) >= 11 is 0. The number of nitrogens with zero attached hydrogens (tertiary/aromatic N) is 1. The molecule has 0 saturated heterocycles. The van der Waals surface area contributed by atoms with Crippen LogP contribution in [0.5, 0.6) is 0 Å². The van der Waals surface area contributed by atoms with Crippen molar-refractivity contribution in [1.29, 1.82) is 0 Å². The predicted octanol–water partition coefficient (Wildman–Crippen LogP) is 3.23. The number of nitrogens with one attached hydrogen (secondary N) is 1. The molecule has 5 nitrogen and oxygen atoms in total. The Morgan fingerprint density at radius 1 is 1.23 bits per heavy atom. The molecule has 0 radical (unpaired) electrons. The topological polar surface area (TPSA) is 77.2 Å². The van der Waals surface area contributed by atoms with Crippen LogP contribution in [0.15, 0.2) is 48.7 Å². The molecule has 1 atom stereocenters. The zero-order valence-electron chi connectivity index (χ0n) is 12.7. The Kier molecular flexibility index (Phi) is 6.13. The summed E-state index contributed by atoms with van der Waals surface area (Å²) in [4.78, 5) is 4.25. The Hall–Kier alpha value is -1.68. The minimum atomic E-state index is -2.91. The third-order valence-corrected chi connectivity index (χ3v) is 5.33. The van der Waals surface area contributed by atoms with Gasteiger partial charge < -0.3 is 10.3 Å². The highest BCUT2D eigenvalue weighted by Crippen LogP contribution is 2.45. The standard InChI is InChI=1S/C16H22N3O2P/c1-2-21-22(20,13-14-6-8-15(17)9-7-14)19-12-10-16-5-3-4-11-18-16/h3-9,11H,2,10,12-13,17H2,1H3,(H,19,20). The molecule has 1 aromatic heterocycles. The van der Waals surface area contributed by atoms with Crippen LogP contribution in [0.3, 0.4) is 0 Å². The summed E-state index contributed by atoms with van der Waals surface area (Å²) in [5, 5.41) is 3.07. The van der Waals surface area contributed by atoms with Gasteiger partial charge in [0, 0.05) is 30.5 Å². The van der Waals surface area contributed by atoms with Crippen molar-refractivity contribution in [2.24, 2.45) is 0 Å². The van der Waals surface area contributed by atoms with Gasteiger partial charge in [0.05, 0.1) is 12.8 Å². The number of nitrogens with two attached hydrogens (primary N) is 1. The van der Waals surface area contributed by atoms with E-state index in [1.165, 1.54) is 0 Å². The van der Waals surface area contributed by atoms with Gasteiger partial charge in [-0.25, -0.2) is 5.09 Å². The normalized spacial score (nSPS) is 13.7. The molecule has 1 heterocycles. The molecule has 0 amide bonds. The van der Waals surface area contributed by atoms with E-state index in [0.717, 1.165) is 11.3 Å². The quantitative estimate of drug-likeness (QED) is 0.577. The van der Waals surface area contributed by atoms with Crippen LogP contribution in [0, 0.1) is 0 Å². The lowest BCUT2D eigenvalue weighted by molar-refractivity contribution is 0.323. The Bertz CT molecular complexity index is 617. The van der Waals surface area contributed by atoms with E-state index in [-0.39, 0.29) is 0 Å². The molecular formula is C16H22N3O2P. The van der Waals surface area contributed by atoms with E-state index in [0.29, 0.717) is 31.4 Å².